The first-order chi connectivity index (χ1) is 11.8. The van der Waals surface area contributed by atoms with Crippen LogP contribution in [0.5, 0.6) is 11.5 Å². The number of aromatic hydroxyl groups is 1. The molecule has 0 spiro atoms. The zero-order chi connectivity index (χ0) is 18.8. The second kappa shape index (κ2) is 10.8. The second-order valence-corrected chi connectivity index (χ2v) is 7.12. The van der Waals surface area contributed by atoms with Gasteiger partial charge in [-0.1, -0.05) is 34.9 Å². The maximum absolute atomic E-state index is 10.2. The first kappa shape index (κ1) is 21.1. The highest BCUT2D eigenvalue weighted by Gasteiger charge is 2.06. The van der Waals surface area contributed by atoms with E-state index in [9.17, 15) is 5.11 Å². The summed E-state index contributed by atoms with van der Waals surface area (Å²) >= 11 is 0. The Bertz CT molecular complexity index is 644. The van der Waals surface area contributed by atoms with E-state index >= 15 is 0 Å². The molecule has 0 saturated carbocycles. The third-order valence-electron chi connectivity index (χ3n) is 4.38. The molecule has 0 amide bonds. The van der Waals surface area contributed by atoms with Gasteiger partial charge in [-0.3, -0.25) is 0 Å². The molecule has 138 valence electrons. The van der Waals surface area contributed by atoms with Crippen molar-refractivity contribution in [2.45, 2.75) is 66.7 Å². The maximum Gasteiger partial charge on any atom is 0.122 e. The Morgan fingerprint density at radius 3 is 2.16 bits per heavy atom. The van der Waals surface area contributed by atoms with Crippen LogP contribution in [0.4, 0.5) is 0 Å². The van der Waals surface area contributed by atoms with Crippen LogP contribution in [-0.2, 0) is 6.42 Å². The Labute approximate surface area is 153 Å². The summed E-state index contributed by atoms with van der Waals surface area (Å²) in [6.45, 7) is 10.6. The monoisotopic (exact) mass is 342 g/mol. The van der Waals surface area contributed by atoms with Crippen LogP contribution < -0.4 is 4.74 Å². The van der Waals surface area contributed by atoms with Crippen LogP contribution in [0.3, 0.4) is 0 Å². The summed E-state index contributed by atoms with van der Waals surface area (Å²) in [7, 11) is 1.66. The Morgan fingerprint density at radius 2 is 1.56 bits per heavy atom. The summed E-state index contributed by atoms with van der Waals surface area (Å²) in [4.78, 5) is 0. The van der Waals surface area contributed by atoms with Gasteiger partial charge in [-0.25, -0.2) is 0 Å². The number of ether oxygens (including phenoxy) is 1. The molecular weight excluding hydrogens is 308 g/mol. The Hall–Kier alpha value is -1.96. The van der Waals surface area contributed by atoms with Gasteiger partial charge in [0.2, 0.25) is 0 Å². The van der Waals surface area contributed by atoms with Gasteiger partial charge in [0.15, 0.2) is 0 Å². The second-order valence-electron chi connectivity index (χ2n) is 7.12. The maximum atomic E-state index is 10.2. The molecule has 0 bridgehead atoms. The van der Waals surface area contributed by atoms with Gasteiger partial charge in [0.05, 0.1) is 7.11 Å². The highest BCUT2D eigenvalue weighted by atomic mass is 16.5. The molecule has 2 heteroatoms. The molecule has 0 fully saturated rings. The summed E-state index contributed by atoms with van der Waals surface area (Å²) in [6, 6.07) is 3.78. The van der Waals surface area contributed by atoms with Crippen molar-refractivity contribution in [2.75, 3.05) is 7.11 Å². The minimum atomic E-state index is 0.375. The number of phenolic OH excluding ortho intramolecular Hbond substituents is 1. The molecule has 0 aromatic heterocycles. The quantitative estimate of drug-likeness (QED) is 0.508. The average molecular weight is 343 g/mol. The van der Waals surface area contributed by atoms with E-state index in [1.807, 2.05) is 19.1 Å². The number of benzene rings is 1. The van der Waals surface area contributed by atoms with Crippen LogP contribution in [0.1, 0.15) is 64.5 Å². The van der Waals surface area contributed by atoms with Crippen LogP contribution in [0.2, 0.25) is 0 Å². The average Bonchev–Trinajstić information content (AvgIpc) is 2.55. The van der Waals surface area contributed by atoms with E-state index in [-0.39, 0.29) is 0 Å². The lowest BCUT2D eigenvalue weighted by molar-refractivity contribution is 0.410. The Kier molecular flexibility index (Phi) is 9.12. The van der Waals surface area contributed by atoms with Crippen molar-refractivity contribution in [2.24, 2.45) is 0 Å². The highest BCUT2D eigenvalue weighted by Crippen LogP contribution is 2.28. The first-order valence-corrected chi connectivity index (χ1v) is 9.14. The van der Waals surface area contributed by atoms with Crippen LogP contribution in [-0.4, -0.2) is 12.2 Å². The zero-order valence-corrected chi connectivity index (χ0v) is 16.8. The molecule has 0 unspecified atom stereocenters. The van der Waals surface area contributed by atoms with E-state index in [0.29, 0.717) is 5.75 Å². The molecule has 1 aromatic carbocycles. The fourth-order valence-corrected chi connectivity index (χ4v) is 2.71. The number of hydrogen-bond acceptors (Lipinski definition) is 2. The molecule has 0 saturated heterocycles. The Balaban J connectivity index is 2.54. The minimum Gasteiger partial charge on any atom is -0.507 e. The predicted molar refractivity (Wildman–Crippen MR) is 109 cm³/mol. The van der Waals surface area contributed by atoms with Crippen molar-refractivity contribution in [3.8, 4) is 11.5 Å². The standard InChI is InChI=1S/C23H34O2/c1-17(2)9-7-10-18(3)11-8-12-19(4)13-14-21-16-22(25-6)15-20(5)23(21)24/h9,11,13,15-16,24H,7-8,10,12,14H2,1-6H3. The van der Waals surface area contributed by atoms with E-state index in [0.717, 1.165) is 49.0 Å². The number of phenols is 1. The van der Waals surface area contributed by atoms with Crippen LogP contribution in [0.15, 0.2) is 47.1 Å². The van der Waals surface area contributed by atoms with Gasteiger partial charge in [-0.15, -0.1) is 0 Å². The van der Waals surface area contributed by atoms with Crippen molar-refractivity contribution in [3.63, 3.8) is 0 Å². The minimum absolute atomic E-state index is 0.375. The molecule has 2 nitrogen and oxygen atoms in total. The molecule has 0 radical (unpaired) electrons. The highest BCUT2D eigenvalue weighted by molar-refractivity contribution is 5.46. The molecule has 0 aliphatic heterocycles. The van der Waals surface area contributed by atoms with E-state index in [4.69, 9.17) is 4.74 Å². The lowest BCUT2D eigenvalue weighted by atomic mass is 10.0. The van der Waals surface area contributed by atoms with Crippen molar-refractivity contribution in [3.05, 3.63) is 58.2 Å². The molecule has 0 aliphatic carbocycles. The summed E-state index contributed by atoms with van der Waals surface area (Å²) in [5, 5.41) is 10.2. The SMILES string of the molecule is COc1cc(C)c(O)c(CC=C(C)CCC=C(C)CCC=C(C)C)c1. The van der Waals surface area contributed by atoms with Gasteiger partial charge in [-0.2, -0.15) is 0 Å². The van der Waals surface area contributed by atoms with Gasteiger partial charge >= 0.3 is 0 Å². The van der Waals surface area contributed by atoms with Crippen molar-refractivity contribution in [1.82, 2.24) is 0 Å². The van der Waals surface area contributed by atoms with Gasteiger partial charge in [0, 0.05) is 5.56 Å². The van der Waals surface area contributed by atoms with E-state index in [2.05, 4.69) is 45.9 Å². The van der Waals surface area contributed by atoms with Gasteiger partial charge in [0.25, 0.3) is 0 Å². The van der Waals surface area contributed by atoms with E-state index in [1.165, 1.54) is 16.7 Å². The largest absolute Gasteiger partial charge is 0.507 e. The fourth-order valence-electron chi connectivity index (χ4n) is 2.71. The number of rotatable bonds is 9. The van der Waals surface area contributed by atoms with Crippen LogP contribution >= 0.6 is 0 Å². The molecular formula is C23H34O2. The summed E-state index contributed by atoms with van der Waals surface area (Å²) in [5.74, 6) is 1.17. The molecule has 1 N–H and O–H groups in total. The summed E-state index contributed by atoms with van der Waals surface area (Å²) in [6.07, 6.45) is 12.0. The molecule has 1 aromatic rings. The number of methoxy groups -OCH3 is 1. The topological polar surface area (TPSA) is 29.5 Å². The van der Waals surface area contributed by atoms with Gasteiger partial charge in [-0.05, 0) is 84.4 Å². The lowest BCUT2D eigenvalue weighted by Gasteiger charge is -2.09. The number of hydrogen-bond donors (Lipinski definition) is 1. The smallest absolute Gasteiger partial charge is 0.122 e. The first-order valence-electron chi connectivity index (χ1n) is 9.14. The summed E-state index contributed by atoms with van der Waals surface area (Å²) < 4.78 is 5.29. The number of allylic oxidation sites excluding steroid dienone is 6. The molecule has 0 heterocycles. The third kappa shape index (κ3) is 8.11. The van der Waals surface area contributed by atoms with E-state index < -0.39 is 0 Å². The molecule has 1 rings (SSSR count). The van der Waals surface area contributed by atoms with Crippen molar-refractivity contribution >= 4 is 0 Å². The van der Waals surface area contributed by atoms with Gasteiger partial charge in [0.1, 0.15) is 11.5 Å². The molecule has 25 heavy (non-hydrogen) atoms. The molecule has 0 aliphatic rings. The molecule has 0 atom stereocenters. The summed E-state index contributed by atoms with van der Waals surface area (Å²) in [5.41, 5.74) is 5.99. The normalized spacial score (nSPS) is 12.2. The van der Waals surface area contributed by atoms with Gasteiger partial charge < -0.3 is 9.84 Å². The van der Waals surface area contributed by atoms with Crippen LogP contribution in [0, 0.1) is 6.92 Å². The Morgan fingerprint density at radius 1 is 0.960 bits per heavy atom. The van der Waals surface area contributed by atoms with Crippen LogP contribution in [0.25, 0.3) is 0 Å². The third-order valence-corrected chi connectivity index (χ3v) is 4.38. The van der Waals surface area contributed by atoms with Crippen molar-refractivity contribution in [1.29, 1.82) is 0 Å². The predicted octanol–water partition coefficient (Wildman–Crippen LogP) is 6.67. The van der Waals surface area contributed by atoms with E-state index in [1.54, 1.807) is 7.11 Å². The number of aryl methyl sites for hydroxylation is 1. The van der Waals surface area contributed by atoms with Crippen molar-refractivity contribution < 1.29 is 9.84 Å². The zero-order valence-electron chi connectivity index (χ0n) is 16.8. The lowest BCUT2D eigenvalue weighted by Crippen LogP contribution is -1.91. The fraction of sp³-hybridized carbons (Fsp3) is 0.478.